The van der Waals surface area contributed by atoms with Crippen LogP contribution in [0.5, 0.6) is 5.75 Å². The van der Waals surface area contributed by atoms with E-state index in [1.165, 1.54) is 13.3 Å². The lowest BCUT2D eigenvalue weighted by molar-refractivity contribution is 0.0510. The van der Waals surface area contributed by atoms with Crippen molar-refractivity contribution in [2.45, 2.75) is 20.4 Å². The Hall–Kier alpha value is -2.02. The number of nitrogens with two attached hydrogens (primary N) is 1. The molecule has 20 heavy (non-hydrogen) atoms. The third-order valence-electron chi connectivity index (χ3n) is 2.57. The highest BCUT2D eigenvalue weighted by Crippen LogP contribution is 2.28. The second-order valence-corrected chi connectivity index (χ2v) is 3.85. The maximum Gasteiger partial charge on any atom is 0.358 e. The number of ether oxygens (including phenoxy) is 3. The lowest BCUT2D eigenvalue weighted by Gasteiger charge is -2.08. The van der Waals surface area contributed by atoms with E-state index in [1.54, 1.807) is 18.4 Å². The summed E-state index contributed by atoms with van der Waals surface area (Å²) in [5.74, 6) is -0.964. The van der Waals surface area contributed by atoms with Crippen LogP contribution in [0.2, 0.25) is 0 Å². The van der Waals surface area contributed by atoms with Crippen molar-refractivity contribution in [3.63, 3.8) is 0 Å². The molecule has 1 aromatic heterocycles. The zero-order valence-electron chi connectivity index (χ0n) is 12.0. The molecule has 7 heteroatoms. The summed E-state index contributed by atoms with van der Waals surface area (Å²) in [4.78, 5) is 23.9. The van der Waals surface area contributed by atoms with Gasteiger partial charge in [0.1, 0.15) is 5.56 Å². The van der Waals surface area contributed by atoms with E-state index in [9.17, 15) is 9.59 Å². The van der Waals surface area contributed by atoms with E-state index in [0.29, 0.717) is 13.1 Å². The highest BCUT2D eigenvalue weighted by Gasteiger charge is 2.27. The fraction of sp³-hybridized carbons (Fsp3) is 0.538. The third-order valence-corrected chi connectivity index (χ3v) is 2.57. The predicted molar refractivity (Wildman–Crippen MR) is 72.0 cm³/mol. The first-order chi connectivity index (χ1) is 9.60. The van der Waals surface area contributed by atoms with E-state index in [1.807, 2.05) is 0 Å². The maximum absolute atomic E-state index is 12.0. The van der Waals surface area contributed by atoms with Gasteiger partial charge in [0.25, 0.3) is 0 Å². The normalized spacial score (nSPS) is 10.2. The smallest absolute Gasteiger partial charge is 0.358 e. The van der Waals surface area contributed by atoms with Crippen molar-refractivity contribution in [3.8, 4) is 5.75 Å². The summed E-state index contributed by atoms with van der Waals surface area (Å²) >= 11 is 0. The molecule has 112 valence electrons. The Labute approximate surface area is 117 Å². The molecule has 0 bridgehead atoms. The van der Waals surface area contributed by atoms with E-state index in [0.717, 1.165) is 0 Å². The van der Waals surface area contributed by atoms with Crippen molar-refractivity contribution < 1.29 is 23.8 Å². The Morgan fingerprint density at radius 2 is 1.80 bits per heavy atom. The monoisotopic (exact) mass is 284 g/mol. The number of methoxy groups -OCH3 is 1. The number of hydrogen-bond donors (Lipinski definition) is 1. The summed E-state index contributed by atoms with van der Waals surface area (Å²) in [6.07, 6.45) is 1.50. The number of carbonyl (C=O) groups excluding carboxylic acids is 2. The Bertz CT molecular complexity index is 481. The van der Waals surface area contributed by atoms with Crippen molar-refractivity contribution in [2.75, 3.05) is 26.9 Å². The van der Waals surface area contributed by atoms with Crippen molar-refractivity contribution in [2.24, 2.45) is 5.73 Å². The van der Waals surface area contributed by atoms with Gasteiger partial charge in [-0.05, 0) is 13.8 Å². The molecule has 0 fully saturated rings. The first kappa shape index (κ1) is 16.0. The van der Waals surface area contributed by atoms with Crippen LogP contribution < -0.4 is 10.5 Å². The molecule has 0 spiro atoms. The molecule has 0 saturated heterocycles. The summed E-state index contributed by atoms with van der Waals surface area (Å²) in [7, 11) is 1.38. The van der Waals surface area contributed by atoms with Crippen LogP contribution in [0.1, 0.15) is 34.7 Å². The van der Waals surface area contributed by atoms with Crippen LogP contribution in [0, 0.1) is 0 Å². The van der Waals surface area contributed by atoms with Gasteiger partial charge in [-0.2, -0.15) is 0 Å². The molecule has 1 aromatic rings. The number of rotatable bonds is 7. The van der Waals surface area contributed by atoms with Crippen molar-refractivity contribution >= 4 is 11.9 Å². The van der Waals surface area contributed by atoms with Crippen LogP contribution in [0.15, 0.2) is 6.20 Å². The molecule has 0 aliphatic heterocycles. The summed E-state index contributed by atoms with van der Waals surface area (Å²) in [6.45, 7) is 4.54. The zero-order valence-corrected chi connectivity index (χ0v) is 12.0. The maximum atomic E-state index is 12.0. The van der Waals surface area contributed by atoms with E-state index < -0.39 is 11.9 Å². The molecule has 0 aliphatic rings. The van der Waals surface area contributed by atoms with Crippen LogP contribution >= 0.6 is 0 Å². The molecule has 1 heterocycles. The third kappa shape index (κ3) is 3.30. The van der Waals surface area contributed by atoms with Gasteiger partial charge in [-0.25, -0.2) is 9.59 Å². The fourth-order valence-corrected chi connectivity index (χ4v) is 1.82. The van der Waals surface area contributed by atoms with E-state index in [2.05, 4.69) is 0 Å². The number of aromatic nitrogens is 1. The van der Waals surface area contributed by atoms with Gasteiger partial charge in [-0.1, -0.05) is 0 Å². The lowest BCUT2D eigenvalue weighted by atomic mass is 10.2. The van der Waals surface area contributed by atoms with Crippen molar-refractivity contribution in [3.05, 3.63) is 17.5 Å². The van der Waals surface area contributed by atoms with Crippen LogP contribution in [0.4, 0.5) is 0 Å². The Kier molecular flexibility index (Phi) is 6.05. The molecule has 0 aliphatic carbocycles. The fourth-order valence-electron chi connectivity index (χ4n) is 1.82. The molecule has 2 N–H and O–H groups in total. The lowest BCUT2D eigenvalue weighted by Crippen LogP contribution is -2.16. The van der Waals surface area contributed by atoms with Gasteiger partial charge < -0.3 is 24.5 Å². The van der Waals surface area contributed by atoms with Gasteiger partial charge in [0, 0.05) is 19.3 Å². The van der Waals surface area contributed by atoms with Crippen LogP contribution in [-0.4, -0.2) is 43.4 Å². The molecule has 0 saturated carbocycles. The number of hydrogen-bond acceptors (Lipinski definition) is 6. The minimum atomic E-state index is -0.562. The summed E-state index contributed by atoms with van der Waals surface area (Å²) in [5, 5.41) is 0. The van der Waals surface area contributed by atoms with Gasteiger partial charge in [-0.3, -0.25) is 0 Å². The topological polar surface area (TPSA) is 92.8 Å². The molecule has 7 nitrogen and oxygen atoms in total. The summed E-state index contributed by atoms with van der Waals surface area (Å²) in [5.41, 5.74) is 5.86. The Balaban J connectivity index is 3.30. The molecule has 0 amide bonds. The first-order valence-corrected chi connectivity index (χ1v) is 6.42. The molecule has 0 atom stereocenters. The average molecular weight is 284 g/mol. The van der Waals surface area contributed by atoms with Crippen molar-refractivity contribution in [1.29, 1.82) is 0 Å². The van der Waals surface area contributed by atoms with Gasteiger partial charge in [0.2, 0.25) is 0 Å². The average Bonchev–Trinajstić information content (AvgIpc) is 2.78. The number of esters is 2. The highest BCUT2D eigenvalue weighted by atomic mass is 16.5. The van der Waals surface area contributed by atoms with E-state index in [4.69, 9.17) is 19.9 Å². The highest BCUT2D eigenvalue weighted by molar-refractivity contribution is 6.00. The van der Waals surface area contributed by atoms with Gasteiger partial charge in [-0.15, -0.1) is 0 Å². The van der Waals surface area contributed by atoms with Gasteiger partial charge >= 0.3 is 11.9 Å². The van der Waals surface area contributed by atoms with Crippen LogP contribution in [0.25, 0.3) is 0 Å². The minimum absolute atomic E-state index is 0.148. The number of carbonyl (C=O) groups is 2. The summed E-state index contributed by atoms with van der Waals surface area (Å²) in [6, 6.07) is 0. The molecule has 1 rings (SSSR count). The molecular weight excluding hydrogens is 264 g/mol. The Morgan fingerprint density at radius 1 is 1.20 bits per heavy atom. The number of nitrogens with zero attached hydrogens (tertiary/aromatic N) is 1. The van der Waals surface area contributed by atoms with Crippen LogP contribution in [0.3, 0.4) is 0 Å². The molecule has 0 radical (unpaired) electrons. The second kappa shape index (κ2) is 7.54. The van der Waals surface area contributed by atoms with Crippen LogP contribution in [-0.2, 0) is 16.0 Å². The van der Waals surface area contributed by atoms with Gasteiger partial charge in [0.05, 0.1) is 20.3 Å². The first-order valence-electron chi connectivity index (χ1n) is 6.42. The Morgan fingerprint density at radius 3 is 2.30 bits per heavy atom. The minimum Gasteiger partial charge on any atom is -0.493 e. The standard InChI is InChI=1S/C13H20N2O5/c1-4-19-12(16)9-8-15(7-6-14)10(11(9)18-3)13(17)20-5-2/h8H,4-7,14H2,1-3H3. The molecular formula is C13H20N2O5. The largest absolute Gasteiger partial charge is 0.493 e. The molecule has 0 unspecified atom stereocenters. The predicted octanol–water partition coefficient (Wildman–Crippen LogP) is 0.809. The van der Waals surface area contributed by atoms with Crippen molar-refractivity contribution in [1.82, 2.24) is 4.57 Å². The SMILES string of the molecule is CCOC(=O)c1cn(CCN)c(C(=O)OCC)c1OC. The van der Waals surface area contributed by atoms with E-state index >= 15 is 0 Å². The zero-order chi connectivity index (χ0) is 15.1. The molecule has 0 aromatic carbocycles. The van der Waals surface area contributed by atoms with E-state index in [-0.39, 0.29) is 30.2 Å². The summed E-state index contributed by atoms with van der Waals surface area (Å²) < 4.78 is 16.6. The van der Waals surface area contributed by atoms with Gasteiger partial charge in [0.15, 0.2) is 11.4 Å². The second-order valence-electron chi connectivity index (χ2n) is 3.85. The quantitative estimate of drug-likeness (QED) is 0.745.